The molecule has 0 saturated carbocycles. The standard InChI is InChI=1S/C20H21Cl2N5O3S/c1-10-17(12(3)30-26-10)18(28)27(4)11(2)16-9-31-20(24-16)25-19(29)23-8-13-5-6-14(21)15(22)7-13/h5-7,9,11H,8H2,1-4H3,(H2,23,24,25,29). The molecular formula is C20H21Cl2N5O3S. The van der Waals surface area contributed by atoms with Crippen molar-refractivity contribution in [2.24, 2.45) is 0 Å². The Morgan fingerprint density at radius 3 is 2.65 bits per heavy atom. The van der Waals surface area contributed by atoms with Gasteiger partial charge in [-0.25, -0.2) is 9.78 Å². The molecule has 164 valence electrons. The molecule has 1 atom stereocenters. The van der Waals surface area contributed by atoms with Gasteiger partial charge in [-0.3, -0.25) is 10.1 Å². The molecule has 0 fully saturated rings. The van der Waals surface area contributed by atoms with E-state index in [-0.39, 0.29) is 18.5 Å². The van der Waals surface area contributed by atoms with Crippen molar-refractivity contribution in [1.29, 1.82) is 0 Å². The Bertz CT molecular complexity index is 1090. The zero-order chi connectivity index (χ0) is 22.7. The first kappa shape index (κ1) is 23.1. The van der Waals surface area contributed by atoms with Crippen LogP contribution in [0, 0.1) is 13.8 Å². The fourth-order valence-electron chi connectivity index (χ4n) is 2.85. The van der Waals surface area contributed by atoms with Crippen molar-refractivity contribution in [3.63, 3.8) is 0 Å². The summed E-state index contributed by atoms with van der Waals surface area (Å²) in [5.74, 6) is 0.270. The van der Waals surface area contributed by atoms with Crippen molar-refractivity contribution < 1.29 is 14.1 Å². The number of hydrogen-bond acceptors (Lipinski definition) is 6. The maximum absolute atomic E-state index is 12.8. The molecule has 0 aliphatic heterocycles. The number of aryl methyl sites for hydroxylation is 2. The van der Waals surface area contributed by atoms with Gasteiger partial charge in [0.25, 0.3) is 5.91 Å². The molecule has 2 N–H and O–H groups in total. The molecule has 2 aromatic heterocycles. The number of anilines is 1. The molecule has 0 saturated heterocycles. The molecule has 8 nitrogen and oxygen atoms in total. The van der Waals surface area contributed by atoms with Gasteiger partial charge in [0, 0.05) is 19.0 Å². The normalized spacial score (nSPS) is 11.8. The Morgan fingerprint density at radius 2 is 2.00 bits per heavy atom. The number of urea groups is 1. The lowest BCUT2D eigenvalue weighted by Gasteiger charge is -2.23. The van der Waals surface area contributed by atoms with Gasteiger partial charge < -0.3 is 14.7 Å². The molecule has 0 radical (unpaired) electrons. The summed E-state index contributed by atoms with van der Waals surface area (Å²) in [6, 6.07) is 4.43. The minimum Gasteiger partial charge on any atom is -0.361 e. The van der Waals surface area contributed by atoms with Gasteiger partial charge in [-0.05, 0) is 38.5 Å². The van der Waals surface area contributed by atoms with Crippen LogP contribution < -0.4 is 10.6 Å². The Kier molecular flexibility index (Phi) is 7.19. The highest BCUT2D eigenvalue weighted by atomic mass is 35.5. The van der Waals surface area contributed by atoms with Crippen LogP contribution in [0.4, 0.5) is 9.93 Å². The van der Waals surface area contributed by atoms with Crippen molar-refractivity contribution in [1.82, 2.24) is 20.4 Å². The summed E-state index contributed by atoms with van der Waals surface area (Å²) >= 11 is 13.2. The molecule has 1 aromatic carbocycles. The van der Waals surface area contributed by atoms with Crippen molar-refractivity contribution in [3.8, 4) is 0 Å². The van der Waals surface area contributed by atoms with Gasteiger partial charge >= 0.3 is 6.03 Å². The first-order chi connectivity index (χ1) is 14.7. The third-order valence-corrected chi connectivity index (χ3v) is 6.27. The molecule has 0 aliphatic carbocycles. The van der Waals surface area contributed by atoms with E-state index >= 15 is 0 Å². The van der Waals surface area contributed by atoms with Crippen molar-refractivity contribution in [2.45, 2.75) is 33.4 Å². The van der Waals surface area contributed by atoms with Crippen LogP contribution in [0.15, 0.2) is 28.1 Å². The van der Waals surface area contributed by atoms with Crippen LogP contribution in [-0.2, 0) is 6.54 Å². The first-order valence-corrected chi connectivity index (χ1v) is 10.9. The third-order valence-electron chi connectivity index (χ3n) is 4.76. The summed E-state index contributed by atoms with van der Waals surface area (Å²) < 4.78 is 5.09. The number of nitrogens with zero attached hydrogens (tertiary/aromatic N) is 3. The molecule has 1 unspecified atom stereocenters. The second-order valence-electron chi connectivity index (χ2n) is 6.92. The highest BCUT2D eigenvalue weighted by Gasteiger charge is 2.26. The predicted octanol–water partition coefficient (Wildman–Crippen LogP) is 5.21. The number of benzene rings is 1. The van der Waals surface area contributed by atoms with Crippen molar-refractivity contribution in [2.75, 3.05) is 12.4 Å². The van der Waals surface area contributed by atoms with Gasteiger partial charge in [0.05, 0.1) is 27.5 Å². The highest BCUT2D eigenvalue weighted by molar-refractivity contribution is 7.13. The Balaban J connectivity index is 1.59. The molecule has 0 bridgehead atoms. The topological polar surface area (TPSA) is 100 Å². The minimum absolute atomic E-state index is 0.203. The summed E-state index contributed by atoms with van der Waals surface area (Å²) in [5, 5.41) is 12.4. The van der Waals surface area contributed by atoms with Gasteiger partial charge in [0.15, 0.2) is 5.13 Å². The predicted molar refractivity (Wildman–Crippen MR) is 121 cm³/mol. The largest absolute Gasteiger partial charge is 0.361 e. The van der Waals surface area contributed by atoms with Gasteiger partial charge in [0.1, 0.15) is 11.3 Å². The van der Waals surface area contributed by atoms with E-state index in [1.54, 1.807) is 49.4 Å². The molecule has 0 aliphatic rings. The molecule has 3 rings (SSSR count). The van der Waals surface area contributed by atoms with Crippen molar-refractivity contribution in [3.05, 3.63) is 61.9 Å². The van der Waals surface area contributed by atoms with E-state index in [0.29, 0.717) is 37.9 Å². The summed E-state index contributed by atoms with van der Waals surface area (Å²) in [7, 11) is 1.69. The monoisotopic (exact) mass is 481 g/mol. The van der Waals surface area contributed by atoms with Crippen molar-refractivity contribution >= 4 is 51.6 Å². The second-order valence-corrected chi connectivity index (χ2v) is 8.60. The summed E-state index contributed by atoms with van der Waals surface area (Å²) in [6.45, 7) is 5.57. The molecule has 31 heavy (non-hydrogen) atoms. The van der Waals surface area contributed by atoms with E-state index in [4.69, 9.17) is 27.7 Å². The van der Waals surface area contributed by atoms with Crippen LogP contribution in [-0.4, -0.2) is 34.0 Å². The van der Waals surface area contributed by atoms with Crippen LogP contribution in [0.3, 0.4) is 0 Å². The van der Waals surface area contributed by atoms with Gasteiger partial charge in [0.2, 0.25) is 0 Å². The van der Waals surface area contributed by atoms with E-state index in [0.717, 1.165) is 5.56 Å². The van der Waals surface area contributed by atoms with Crippen LogP contribution >= 0.6 is 34.5 Å². The van der Waals surface area contributed by atoms with Crippen LogP contribution in [0.2, 0.25) is 10.0 Å². The quantitative estimate of drug-likeness (QED) is 0.503. The Hall–Kier alpha value is -2.62. The Labute approximate surface area is 193 Å². The molecule has 3 amide bonds. The summed E-state index contributed by atoms with van der Waals surface area (Å²) in [4.78, 5) is 31.0. The maximum atomic E-state index is 12.8. The van der Waals surface area contributed by atoms with E-state index < -0.39 is 6.03 Å². The lowest BCUT2D eigenvalue weighted by atomic mass is 10.1. The zero-order valence-electron chi connectivity index (χ0n) is 17.3. The van der Waals surface area contributed by atoms with Crippen LogP contribution in [0.1, 0.15) is 46.0 Å². The first-order valence-electron chi connectivity index (χ1n) is 9.31. The molecule has 11 heteroatoms. The second kappa shape index (κ2) is 9.67. The van der Waals surface area contributed by atoms with Crippen LogP contribution in [0.25, 0.3) is 0 Å². The SMILES string of the molecule is Cc1noc(C)c1C(=O)N(C)C(C)c1csc(NC(=O)NCc2ccc(Cl)c(Cl)c2)n1. The van der Waals surface area contributed by atoms with Gasteiger partial charge in [-0.1, -0.05) is 34.4 Å². The number of hydrogen-bond donors (Lipinski definition) is 2. The summed E-state index contributed by atoms with van der Waals surface area (Å²) in [6.07, 6.45) is 0. The van der Waals surface area contributed by atoms with E-state index in [1.807, 2.05) is 6.92 Å². The Morgan fingerprint density at radius 1 is 1.26 bits per heavy atom. The summed E-state index contributed by atoms with van der Waals surface area (Å²) in [5.41, 5.74) is 2.47. The minimum atomic E-state index is -0.403. The number of nitrogens with one attached hydrogen (secondary N) is 2. The van der Waals surface area contributed by atoms with E-state index in [9.17, 15) is 9.59 Å². The third kappa shape index (κ3) is 5.36. The number of rotatable bonds is 6. The van der Waals surface area contributed by atoms with Crippen LogP contribution in [0.5, 0.6) is 0 Å². The number of amides is 3. The number of carbonyl (C=O) groups is 2. The lowest BCUT2D eigenvalue weighted by Crippen LogP contribution is -2.30. The number of carbonyl (C=O) groups excluding carboxylic acids is 2. The fraction of sp³-hybridized carbons (Fsp3) is 0.300. The number of halogens is 2. The van der Waals surface area contributed by atoms with E-state index in [2.05, 4.69) is 20.8 Å². The maximum Gasteiger partial charge on any atom is 0.321 e. The average molecular weight is 482 g/mol. The molecular weight excluding hydrogens is 461 g/mol. The number of aromatic nitrogens is 2. The molecule has 0 spiro atoms. The highest BCUT2D eigenvalue weighted by Crippen LogP contribution is 2.26. The molecule has 3 aromatic rings. The molecule has 2 heterocycles. The lowest BCUT2D eigenvalue weighted by molar-refractivity contribution is 0.0737. The van der Waals surface area contributed by atoms with Gasteiger partial charge in [-0.2, -0.15) is 0 Å². The zero-order valence-corrected chi connectivity index (χ0v) is 19.7. The average Bonchev–Trinajstić information content (AvgIpc) is 3.33. The number of thiazole rings is 1. The fourth-order valence-corrected chi connectivity index (χ4v) is 3.96. The van der Waals surface area contributed by atoms with E-state index in [1.165, 1.54) is 11.3 Å². The smallest absolute Gasteiger partial charge is 0.321 e. The van der Waals surface area contributed by atoms with Gasteiger partial charge in [-0.15, -0.1) is 11.3 Å².